The molecule has 0 fully saturated rings. The summed E-state index contributed by atoms with van der Waals surface area (Å²) in [5.41, 5.74) is 2.54. The van der Waals surface area contributed by atoms with Gasteiger partial charge in [0, 0.05) is 17.9 Å². The van der Waals surface area contributed by atoms with Crippen molar-refractivity contribution in [1.29, 1.82) is 0 Å². The van der Waals surface area contributed by atoms with Crippen LogP contribution in [0, 0.1) is 0 Å². The van der Waals surface area contributed by atoms with Gasteiger partial charge in [-0.25, -0.2) is 13.1 Å². The Morgan fingerprint density at radius 2 is 1.56 bits per heavy atom. The molecule has 0 aromatic heterocycles. The van der Waals surface area contributed by atoms with Gasteiger partial charge in [0.15, 0.2) is 0 Å². The highest BCUT2D eigenvalue weighted by Gasteiger charge is 2.30. The first kappa shape index (κ1) is 24.0. The molecule has 0 heterocycles. The molecule has 0 aliphatic carbocycles. The van der Waals surface area contributed by atoms with Crippen molar-refractivity contribution in [1.82, 2.24) is 4.72 Å². The van der Waals surface area contributed by atoms with Crippen LogP contribution in [0.1, 0.15) is 11.1 Å². The summed E-state index contributed by atoms with van der Waals surface area (Å²) in [6.07, 6.45) is -4.67. The fourth-order valence-corrected chi connectivity index (χ4v) is 4.34. The Kier molecular flexibility index (Phi) is 7.38. The monoisotopic (exact) mass is 481 g/mol. The third-order valence-electron chi connectivity index (χ3n) is 4.64. The summed E-state index contributed by atoms with van der Waals surface area (Å²) in [6.45, 7) is -1.68. The number of benzene rings is 3. The molecule has 9 heteroatoms. The number of sulfonamides is 1. The van der Waals surface area contributed by atoms with E-state index in [0.29, 0.717) is 16.1 Å². The predicted molar refractivity (Wildman–Crippen MR) is 117 cm³/mol. The third kappa shape index (κ3) is 6.66. The van der Waals surface area contributed by atoms with Gasteiger partial charge in [-0.1, -0.05) is 60.1 Å². The Balaban J connectivity index is 1.92. The van der Waals surface area contributed by atoms with Crippen molar-refractivity contribution in [3.63, 3.8) is 0 Å². The molecule has 1 N–H and O–H groups in total. The van der Waals surface area contributed by atoms with Crippen molar-refractivity contribution in [2.24, 2.45) is 0 Å². The molecule has 0 saturated carbocycles. The van der Waals surface area contributed by atoms with Gasteiger partial charge in [0.25, 0.3) is 0 Å². The Labute approximate surface area is 189 Å². The van der Waals surface area contributed by atoms with Gasteiger partial charge in [0.05, 0.1) is 4.90 Å². The molecule has 0 bridgehead atoms. The van der Waals surface area contributed by atoms with Crippen molar-refractivity contribution >= 4 is 27.4 Å². The van der Waals surface area contributed by atoms with Gasteiger partial charge in [-0.05, 0) is 46.5 Å². The minimum absolute atomic E-state index is 0.0878. The third-order valence-corrected chi connectivity index (χ3v) is 6.29. The van der Waals surface area contributed by atoms with Crippen molar-refractivity contribution < 1.29 is 26.4 Å². The van der Waals surface area contributed by atoms with Crippen LogP contribution in [0.4, 0.5) is 13.2 Å². The van der Waals surface area contributed by atoms with Gasteiger partial charge in [-0.15, -0.1) is 0 Å². The van der Waals surface area contributed by atoms with E-state index < -0.39 is 22.7 Å². The molecule has 32 heavy (non-hydrogen) atoms. The molecular formula is C23H19ClF3NO3S. The Bertz CT molecular complexity index is 1200. The van der Waals surface area contributed by atoms with Gasteiger partial charge in [-0.2, -0.15) is 13.2 Å². The number of alkyl halides is 3. The Hall–Kier alpha value is -2.68. The summed E-state index contributed by atoms with van der Waals surface area (Å²) in [7, 11) is -4.41. The molecular weight excluding hydrogens is 463 g/mol. The summed E-state index contributed by atoms with van der Waals surface area (Å²) < 4.78 is 63.8. The molecule has 0 radical (unpaired) electrons. The zero-order valence-electron chi connectivity index (χ0n) is 16.7. The predicted octanol–water partition coefficient (Wildman–Crippen LogP) is 5.20. The van der Waals surface area contributed by atoms with Crippen LogP contribution in [0.3, 0.4) is 0 Å². The molecule has 0 aliphatic heterocycles. The maximum Gasteiger partial charge on any atom is 0.402 e. The number of ketones is 1. The molecule has 0 amide bonds. The molecule has 4 nitrogen and oxygen atoms in total. The molecule has 0 unspecified atom stereocenters. The van der Waals surface area contributed by atoms with Crippen LogP contribution in [-0.2, 0) is 27.7 Å². The highest BCUT2D eigenvalue weighted by molar-refractivity contribution is 7.89. The largest absolute Gasteiger partial charge is 0.402 e. The highest BCUT2D eigenvalue weighted by atomic mass is 35.5. The molecule has 168 valence electrons. The lowest BCUT2D eigenvalue weighted by Crippen LogP contribution is -2.33. The maximum absolute atomic E-state index is 12.7. The van der Waals surface area contributed by atoms with E-state index in [0.717, 1.165) is 11.1 Å². The lowest BCUT2D eigenvalue weighted by Gasteiger charge is -2.14. The fraction of sp³-hybridized carbons (Fsp3) is 0.174. The summed E-state index contributed by atoms with van der Waals surface area (Å²) in [5.74, 6) is -0.178. The molecule has 0 atom stereocenters. The lowest BCUT2D eigenvalue weighted by atomic mass is 9.95. The first-order valence-corrected chi connectivity index (χ1v) is 11.4. The second-order valence-corrected chi connectivity index (χ2v) is 9.35. The summed E-state index contributed by atoms with van der Waals surface area (Å²) in [5, 5.41) is 0.539. The molecule has 3 aromatic carbocycles. The van der Waals surface area contributed by atoms with E-state index in [-0.39, 0.29) is 23.5 Å². The second kappa shape index (κ2) is 9.85. The highest BCUT2D eigenvalue weighted by Crippen LogP contribution is 2.27. The van der Waals surface area contributed by atoms with Gasteiger partial charge in [-0.3, -0.25) is 4.79 Å². The topological polar surface area (TPSA) is 63.2 Å². The van der Waals surface area contributed by atoms with Crippen LogP contribution in [-0.4, -0.2) is 26.9 Å². The van der Waals surface area contributed by atoms with E-state index >= 15 is 0 Å². The van der Waals surface area contributed by atoms with Crippen LogP contribution >= 0.6 is 11.6 Å². The van der Waals surface area contributed by atoms with E-state index in [1.807, 2.05) is 6.07 Å². The number of carbonyl (C=O) groups is 1. The normalized spacial score (nSPS) is 12.0. The molecule has 0 saturated heterocycles. The standard InChI is InChI=1S/C23H19ClF3NO3S/c24-19-8-6-16(7-9-19)12-20(29)13-18-14-21(32(30,31)28-15-23(25,26)27)10-11-22(18)17-4-2-1-3-5-17/h1-11,14,28H,12-13,15H2. The summed E-state index contributed by atoms with van der Waals surface area (Å²) in [4.78, 5) is 12.4. The van der Waals surface area contributed by atoms with Crippen molar-refractivity contribution in [2.45, 2.75) is 23.9 Å². The van der Waals surface area contributed by atoms with Gasteiger partial charge in [0.1, 0.15) is 12.3 Å². The van der Waals surface area contributed by atoms with E-state index in [2.05, 4.69) is 0 Å². The lowest BCUT2D eigenvalue weighted by molar-refractivity contribution is -0.121. The van der Waals surface area contributed by atoms with Gasteiger partial charge >= 0.3 is 6.18 Å². The number of hydrogen-bond donors (Lipinski definition) is 1. The zero-order valence-corrected chi connectivity index (χ0v) is 18.3. The fourth-order valence-electron chi connectivity index (χ4n) is 3.15. The number of nitrogens with one attached hydrogen (secondary N) is 1. The molecule has 3 rings (SSSR count). The average Bonchev–Trinajstić information content (AvgIpc) is 2.74. The van der Waals surface area contributed by atoms with Crippen LogP contribution < -0.4 is 4.72 Å². The second-order valence-electron chi connectivity index (χ2n) is 7.14. The molecule has 3 aromatic rings. The van der Waals surface area contributed by atoms with Crippen molar-refractivity contribution in [2.75, 3.05) is 6.54 Å². The summed E-state index contributed by atoms with van der Waals surface area (Å²) in [6, 6.07) is 19.8. The van der Waals surface area contributed by atoms with E-state index in [1.54, 1.807) is 53.3 Å². The van der Waals surface area contributed by atoms with E-state index in [9.17, 15) is 26.4 Å². The first-order chi connectivity index (χ1) is 15.0. The average molecular weight is 482 g/mol. The SMILES string of the molecule is O=C(Cc1ccc(Cl)cc1)Cc1cc(S(=O)(=O)NCC(F)(F)F)ccc1-c1ccccc1. The smallest absolute Gasteiger partial charge is 0.299 e. The quantitative estimate of drug-likeness (QED) is 0.481. The number of hydrogen-bond acceptors (Lipinski definition) is 3. The first-order valence-electron chi connectivity index (χ1n) is 9.54. The minimum atomic E-state index is -4.69. The van der Waals surface area contributed by atoms with E-state index in [4.69, 9.17) is 11.6 Å². The van der Waals surface area contributed by atoms with Crippen LogP contribution in [0.2, 0.25) is 5.02 Å². The number of Topliss-reactive ketones (excluding diaryl/α,β-unsaturated/α-hetero) is 1. The van der Waals surface area contributed by atoms with Crippen LogP contribution in [0.15, 0.2) is 77.7 Å². The number of carbonyl (C=O) groups excluding carboxylic acids is 1. The minimum Gasteiger partial charge on any atom is -0.299 e. The maximum atomic E-state index is 12.7. The van der Waals surface area contributed by atoms with Crippen LogP contribution in [0.5, 0.6) is 0 Å². The number of halogens is 4. The molecule has 0 spiro atoms. The number of rotatable bonds is 8. The summed E-state index contributed by atoms with van der Waals surface area (Å²) >= 11 is 5.86. The van der Waals surface area contributed by atoms with Crippen molar-refractivity contribution in [3.05, 3.63) is 88.9 Å². The molecule has 0 aliphatic rings. The van der Waals surface area contributed by atoms with Crippen LogP contribution in [0.25, 0.3) is 11.1 Å². The van der Waals surface area contributed by atoms with Crippen molar-refractivity contribution in [3.8, 4) is 11.1 Å². The van der Waals surface area contributed by atoms with E-state index in [1.165, 1.54) is 18.2 Å². The van der Waals surface area contributed by atoms with Gasteiger partial charge < -0.3 is 0 Å². The zero-order chi connectivity index (χ0) is 23.4. The Morgan fingerprint density at radius 1 is 0.906 bits per heavy atom. The Morgan fingerprint density at radius 3 is 2.19 bits per heavy atom. The van der Waals surface area contributed by atoms with Gasteiger partial charge in [0.2, 0.25) is 10.0 Å².